The summed E-state index contributed by atoms with van der Waals surface area (Å²) in [5.74, 6) is 1.73. The van der Waals surface area contributed by atoms with Gasteiger partial charge in [-0.25, -0.2) is 0 Å². The van der Waals surface area contributed by atoms with Crippen LogP contribution in [0.1, 0.15) is 13.3 Å². The summed E-state index contributed by atoms with van der Waals surface area (Å²) in [7, 11) is 1.66. The van der Waals surface area contributed by atoms with Crippen LogP contribution in [0.15, 0.2) is 24.3 Å². The molecular formula is C14H24N2O2. The fourth-order valence-corrected chi connectivity index (χ4v) is 1.71. The summed E-state index contributed by atoms with van der Waals surface area (Å²) in [5.41, 5.74) is 5.51. The number of nitrogens with zero attached hydrogens (tertiary/aromatic N) is 1. The average Bonchev–Trinajstić information content (AvgIpc) is 2.43. The van der Waals surface area contributed by atoms with Gasteiger partial charge in [-0.2, -0.15) is 0 Å². The predicted octanol–water partition coefficient (Wildman–Crippen LogP) is 1.74. The van der Waals surface area contributed by atoms with Gasteiger partial charge in [-0.05, 0) is 50.3 Å². The lowest BCUT2D eigenvalue weighted by Crippen LogP contribution is -2.30. The van der Waals surface area contributed by atoms with E-state index in [0.717, 1.165) is 44.1 Å². The molecule has 102 valence electrons. The van der Waals surface area contributed by atoms with E-state index in [2.05, 4.69) is 11.8 Å². The zero-order chi connectivity index (χ0) is 13.2. The van der Waals surface area contributed by atoms with Gasteiger partial charge in [-0.1, -0.05) is 6.92 Å². The first kappa shape index (κ1) is 14.8. The lowest BCUT2D eigenvalue weighted by Gasteiger charge is -2.20. The summed E-state index contributed by atoms with van der Waals surface area (Å²) in [6, 6.07) is 7.66. The molecule has 18 heavy (non-hydrogen) atoms. The van der Waals surface area contributed by atoms with Gasteiger partial charge in [0.15, 0.2) is 0 Å². The predicted molar refractivity (Wildman–Crippen MR) is 74.3 cm³/mol. The van der Waals surface area contributed by atoms with Crippen LogP contribution in [0, 0.1) is 0 Å². The first-order valence-electron chi connectivity index (χ1n) is 6.49. The van der Waals surface area contributed by atoms with Crippen LogP contribution < -0.4 is 15.2 Å². The topological polar surface area (TPSA) is 47.7 Å². The molecule has 0 aliphatic heterocycles. The van der Waals surface area contributed by atoms with Gasteiger partial charge in [0.05, 0.1) is 7.11 Å². The molecule has 4 nitrogen and oxygen atoms in total. The number of nitrogens with two attached hydrogens (primary N) is 1. The minimum Gasteiger partial charge on any atom is -0.497 e. The zero-order valence-corrected chi connectivity index (χ0v) is 11.4. The van der Waals surface area contributed by atoms with Crippen LogP contribution in [0.3, 0.4) is 0 Å². The number of hydrogen-bond donors (Lipinski definition) is 1. The molecule has 1 rings (SSSR count). The molecule has 1 aromatic carbocycles. The van der Waals surface area contributed by atoms with Crippen molar-refractivity contribution < 1.29 is 9.47 Å². The Bertz CT molecular complexity index is 314. The van der Waals surface area contributed by atoms with E-state index in [-0.39, 0.29) is 0 Å². The third-order valence-corrected chi connectivity index (χ3v) is 2.86. The number of methoxy groups -OCH3 is 1. The molecule has 0 atom stereocenters. The summed E-state index contributed by atoms with van der Waals surface area (Å²) in [5, 5.41) is 0. The maximum Gasteiger partial charge on any atom is 0.119 e. The minimum absolute atomic E-state index is 0.699. The van der Waals surface area contributed by atoms with Crippen LogP contribution >= 0.6 is 0 Å². The van der Waals surface area contributed by atoms with Gasteiger partial charge in [0.1, 0.15) is 18.1 Å². The van der Waals surface area contributed by atoms with E-state index >= 15 is 0 Å². The molecule has 0 heterocycles. The highest BCUT2D eigenvalue weighted by atomic mass is 16.5. The van der Waals surface area contributed by atoms with E-state index in [1.807, 2.05) is 24.3 Å². The van der Waals surface area contributed by atoms with Crippen LogP contribution in [0.5, 0.6) is 11.5 Å². The van der Waals surface area contributed by atoms with E-state index in [4.69, 9.17) is 15.2 Å². The van der Waals surface area contributed by atoms with Crippen molar-refractivity contribution in [2.75, 3.05) is 39.9 Å². The zero-order valence-electron chi connectivity index (χ0n) is 11.4. The standard InChI is InChI=1S/C14H24N2O2/c1-3-16(10-4-9-15)11-12-18-14-7-5-13(17-2)6-8-14/h5-8H,3-4,9-12,15H2,1-2H3. The van der Waals surface area contributed by atoms with Gasteiger partial charge in [0.2, 0.25) is 0 Å². The van der Waals surface area contributed by atoms with Crippen molar-refractivity contribution in [1.29, 1.82) is 0 Å². The molecule has 0 bridgehead atoms. The molecule has 0 spiro atoms. The van der Waals surface area contributed by atoms with Gasteiger partial charge in [0, 0.05) is 6.54 Å². The Balaban J connectivity index is 2.26. The second-order valence-electron chi connectivity index (χ2n) is 4.10. The second-order valence-corrected chi connectivity index (χ2v) is 4.10. The Morgan fingerprint density at radius 1 is 1.11 bits per heavy atom. The number of benzene rings is 1. The van der Waals surface area contributed by atoms with Crippen molar-refractivity contribution in [1.82, 2.24) is 4.90 Å². The minimum atomic E-state index is 0.699. The van der Waals surface area contributed by atoms with E-state index < -0.39 is 0 Å². The Morgan fingerprint density at radius 3 is 2.33 bits per heavy atom. The van der Waals surface area contributed by atoms with Crippen molar-refractivity contribution in [2.24, 2.45) is 5.73 Å². The molecule has 0 saturated heterocycles. The average molecular weight is 252 g/mol. The highest BCUT2D eigenvalue weighted by Gasteiger charge is 2.02. The molecule has 0 amide bonds. The molecule has 4 heteroatoms. The number of hydrogen-bond acceptors (Lipinski definition) is 4. The Hall–Kier alpha value is -1.26. The van der Waals surface area contributed by atoms with E-state index in [1.54, 1.807) is 7.11 Å². The maximum atomic E-state index is 5.69. The summed E-state index contributed by atoms with van der Waals surface area (Å²) < 4.78 is 10.8. The Labute approximate surface area is 110 Å². The van der Waals surface area contributed by atoms with Gasteiger partial charge >= 0.3 is 0 Å². The molecule has 0 fully saturated rings. The maximum absolute atomic E-state index is 5.69. The number of ether oxygens (including phenoxy) is 2. The van der Waals surface area contributed by atoms with E-state index in [0.29, 0.717) is 6.61 Å². The van der Waals surface area contributed by atoms with Crippen molar-refractivity contribution in [3.05, 3.63) is 24.3 Å². The number of rotatable bonds is 9. The quantitative estimate of drug-likeness (QED) is 0.727. The molecular weight excluding hydrogens is 228 g/mol. The normalized spacial score (nSPS) is 10.7. The van der Waals surface area contributed by atoms with Crippen molar-refractivity contribution in [3.63, 3.8) is 0 Å². The Morgan fingerprint density at radius 2 is 1.78 bits per heavy atom. The molecule has 1 aromatic rings. The smallest absolute Gasteiger partial charge is 0.119 e. The molecule has 2 N–H and O–H groups in total. The molecule has 0 aliphatic carbocycles. The van der Waals surface area contributed by atoms with Gasteiger partial charge in [-0.3, -0.25) is 0 Å². The first-order valence-corrected chi connectivity index (χ1v) is 6.49. The monoisotopic (exact) mass is 252 g/mol. The summed E-state index contributed by atoms with van der Waals surface area (Å²) in [6.45, 7) is 6.61. The van der Waals surface area contributed by atoms with Gasteiger partial charge < -0.3 is 20.1 Å². The van der Waals surface area contributed by atoms with Crippen molar-refractivity contribution >= 4 is 0 Å². The molecule has 0 aliphatic rings. The second kappa shape index (κ2) is 8.78. The highest BCUT2D eigenvalue weighted by Crippen LogP contribution is 2.16. The Kier molecular flexibility index (Phi) is 7.22. The third-order valence-electron chi connectivity index (χ3n) is 2.86. The molecule has 0 saturated carbocycles. The van der Waals surface area contributed by atoms with E-state index in [1.165, 1.54) is 0 Å². The van der Waals surface area contributed by atoms with Gasteiger partial charge in [0.25, 0.3) is 0 Å². The third kappa shape index (κ3) is 5.38. The fraction of sp³-hybridized carbons (Fsp3) is 0.571. The molecule has 0 radical (unpaired) electrons. The van der Waals surface area contributed by atoms with Crippen LogP contribution in [0.2, 0.25) is 0 Å². The van der Waals surface area contributed by atoms with Gasteiger partial charge in [-0.15, -0.1) is 0 Å². The summed E-state index contributed by atoms with van der Waals surface area (Å²) >= 11 is 0. The first-order chi connectivity index (χ1) is 8.80. The molecule has 0 unspecified atom stereocenters. The lowest BCUT2D eigenvalue weighted by atomic mass is 10.3. The van der Waals surface area contributed by atoms with Crippen LogP contribution in [-0.4, -0.2) is 44.8 Å². The number of likely N-dealkylation sites (N-methyl/N-ethyl adjacent to an activating group) is 1. The van der Waals surface area contributed by atoms with Crippen LogP contribution in [0.25, 0.3) is 0 Å². The highest BCUT2D eigenvalue weighted by molar-refractivity contribution is 5.31. The lowest BCUT2D eigenvalue weighted by molar-refractivity contribution is 0.214. The molecule has 0 aromatic heterocycles. The summed E-state index contributed by atoms with van der Waals surface area (Å²) in [4.78, 5) is 2.34. The van der Waals surface area contributed by atoms with Crippen LogP contribution in [-0.2, 0) is 0 Å². The largest absolute Gasteiger partial charge is 0.497 e. The summed E-state index contributed by atoms with van der Waals surface area (Å²) in [6.07, 6.45) is 1.04. The van der Waals surface area contributed by atoms with Crippen molar-refractivity contribution in [2.45, 2.75) is 13.3 Å². The van der Waals surface area contributed by atoms with Crippen LogP contribution in [0.4, 0.5) is 0 Å². The van der Waals surface area contributed by atoms with Crippen molar-refractivity contribution in [3.8, 4) is 11.5 Å². The van der Waals surface area contributed by atoms with E-state index in [9.17, 15) is 0 Å². The SMILES string of the molecule is CCN(CCCN)CCOc1ccc(OC)cc1. The fourth-order valence-electron chi connectivity index (χ4n) is 1.71.